The molecule has 2 fully saturated rings. The van der Waals surface area contributed by atoms with Crippen molar-refractivity contribution in [1.82, 2.24) is 0 Å². The van der Waals surface area contributed by atoms with Gasteiger partial charge in [-0.3, -0.25) is 4.57 Å². The van der Waals surface area contributed by atoms with Crippen molar-refractivity contribution < 1.29 is 37.3 Å². The number of ether oxygens (including phenoxy) is 5. The highest BCUT2D eigenvalue weighted by Crippen LogP contribution is 2.56. The first kappa shape index (κ1) is 25.5. The van der Waals surface area contributed by atoms with Crippen molar-refractivity contribution in [2.24, 2.45) is 0 Å². The molecule has 2 aromatic rings. The first-order valence-corrected chi connectivity index (χ1v) is 13.0. The highest BCUT2D eigenvalue weighted by atomic mass is 31.2. The lowest BCUT2D eigenvalue weighted by molar-refractivity contribution is -0.220. The van der Waals surface area contributed by atoms with Gasteiger partial charge in [-0.05, 0) is 25.0 Å². The minimum atomic E-state index is -3.61. The van der Waals surface area contributed by atoms with Crippen LogP contribution >= 0.6 is 7.60 Å². The van der Waals surface area contributed by atoms with Gasteiger partial charge in [-0.15, -0.1) is 0 Å². The summed E-state index contributed by atoms with van der Waals surface area (Å²) >= 11 is 0. The van der Waals surface area contributed by atoms with E-state index in [1.54, 1.807) is 0 Å². The number of fused-ring (bicyclic) bond motifs is 1. The Morgan fingerprint density at radius 2 is 1.50 bits per heavy atom. The summed E-state index contributed by atoms with van der Waals surface area (Å²) < 4.78 is 55.0. The smallest absolute Gasteiger partial charge is 0.338 e. The Morgan fingerprint density at radius 3 is 2.09 bits per heavy atom. The van der Waals surface area contributed by atoms with Crippen molar-refractivity contribution in [3.05, 3.63) is 71.8 Å². The van der Waals surface area contributed by atoms with Crippen LogP contribution in [0.2, 0.25) is 0 Å². The Hall–Kier alpha value is -1.61. The van der Waals surface area contributed by atoms with Crippen molar-refractivity contribution in [1.29, 1.82) is 0 Å². The standard InChI is InChI=1S/C25H33O8P/c1-25(2)32-23-22(30-16-19-13-9-6-10-14-19)21(31-24(23)33-25)20(34(26,27-3)28-4)17-29-15-18-11-7-5-8-12-18/h5-14,20-24H,15-17H2,1-4H3/t20-,21+,22+,23-,24-/m1/s1. The second kappa shape index (κ2) is 11.0. The van der Waals surface area contributed by atoms with E-state index in [4.69, 9.17) is 32.7 Å². The summed E-state index contributed by atoms with van der Waals surface area (Å²) in [5.41, 5.74) is 1.25. The first-order chi connectivity index (χ1) is 16.3. The van der Waals surface area contributed by atoms with Crippen LogP contribution in [0.3, 0.4) is 0 Å². The maximum atomic E-state index is 13.6. The molecular formula is C25H33O8P. The van der Waals surface area contributed by atoms with Gasteiger partial charge in [0.2, 0.25) is 0 Å². The molecule has 2 aliphatic rings. The number of rotatable bonds is 11. The van der Waals surface area contributed by atoms with Crippen LogP contribution < -0.4 is 0 Å². The average Bonchev–Trinajstić information content (AvgIpc) is 3.32. The quantitative estimate of drug-likeness (QED) is 0.424. The highest BCUT2D eigenvalue weighted by Gasteiger charge is 2.60. The summed E-state index contributed by atoms with van der Waals surface area (Å²) in [5.74, 6) is -0.819. The molecule has 2 aliphatic heterocycles. The molecule has 186 valence electrons. The van der Waals surface area contributed by atoms with Crippen LogP contribution in [0.1, 0.15) is 25.0 Å². The first-order valence-electron chi connectivity index (χ1n) is 11.3. The maximum absolute atomic E-state index is 13.6. The molecule has 8 nitrogen and oxygen atoms in total. The molecule has 4 rings (SSSR count). The fourth-order valence-corrected chi connectivity index (χ4v) is 5.93. The van der Waals surface area contributed by atoms with Gasteiger partial charge in [0.1, 0.15) is 24.0 Å². The van der Waals surface area contributed by atoms with Crippen LogP contribution in [-0.4, -0.2) is 56.9 Å². The third-order valence-electron chi connectivity index (χ3n) is 6.01. The van der Waals surface area contributed by atoms with E-state index in [1.807, 2.05) is 74.5 Å². The minimum Gasteiger partial charge on any atom is -0.376 e. The Balaban J connectivity index is 1.55. The van der Waals surface area contributed by atoms with Gasteiger partial charge >= 0.3 is 7.60 Å². The van der Waals surface area contributed by atoms with E-state index in [0.717, 1.165) is 11.1 Å². The van der Waals surface area contributed by atoms with Gasteiger partial charge in [0, 0.05) is 14.2 Å². The zero-order valence-corrected chi connectivity index (χ0v) is 20.9. The summed E-state index contributed by atoms with van der Waals surface area (Å²) in [6.07, 6.45) is -2.44. The molecule has 0 unspecified atom stereocenters. The Kier molecular flexibility index (Phi) is 8.23. The van der Waals surface area contributed by atoms with Gasteiger partial charge in [-0.2, -0.15) is 0 Å². The van der Waals surface area contributed by atoms with Crippen molar-refractivity contribution >= 4 is 7.60 Å². The second-order valence-corrected chi connectivity index (χ2v) is 11.3. The second-order valence-electron chi connectivity index (χ2n) is 8.80. The molecule has 0 spiro atoms. The van der Waals surface area contributed by atoms with E-state index >= 15 is 0 Å². The normalized spacial score (nSPS) is 26.9. The number of hydrogen-bond acceptors (Lipinski definition) is 8. The lowest BCUT2D eigenvalue weighted by Gasteiger charge is -2.33. The van der Waals surface area contributed by atoms with E-state index in [0.29, 0.717) is 13.2 Å². The topological polar surface area (TPSA) is 81.7 Å². The van der Waals surface area contributed by atoms with E-state index in [-0.39, 0.29) is 6.61 Å². The Bertz CT molecular complexity index is 946. The van der Waals surface area contributed by atoms with E-state index in [1.165, 1.54) is 14.2 Å². The maximum Gasteiger partial charge on any atom is 0.338 e. The molecule has 9 heteroatoms. The summed E-state index contributed by atoms with van der Waals surface area (Å²) in [6, 6.07) is 19.6. The van der Waals surface area contributed by atoms with E-state index in [9.17, 15) is 4.57 Å². The zero-order valence-electron chi connectivity index (χ0n) is 20.0. The van der Waals surface area contributed by atoms with Gasteiger partial charge in [0.25, 0.3) is 0 Å². The molecule has 0 N–H and O–H groups in total. The van der Waals surface area contributed by atoms with Gasteiger partial charge in [0.15, 0.2) is 12.1 Å². The van der Waals surface area contributed by atoms with Gasteiger partial charge in [-0.1, -0.05) is 60.7 Å². The van der Waals surface area contributed by atoms with Crippen LogP contribution in [0.5, 0.6) is 0 Å². The molecule has 2 aromatic carbocycles. The summed E-state index contributed by atoms with van der Waals surface area (Å²) in [6.45, 7) is 4.41. The monoisotopic (exact) mass is 492 g/mol. The van der Waals surface area contributed by atoms with E-state index in [2.05, 4.69) is 0 Å². The molecule has 2 heterocycles. The molecular weight excluding hydrogens is 459 g/mol. The van der Waals surface area contributed by atoms with Crippen LogP contribution in [0.25, 0.3) is 0 Å². The zero-order chi connectivity index (χ0) is 24.2. The van der Waals surface area contributed by atoms with Crippen molar-refractivity contribution in [2.45, 2.75) is 63.1 Å². The van der Waals surface area contributed by atoms with E-state index < -0.39 is 43.6 Å². The molecule has 0 amide bonds. The SMILES string of the molecule is COP(=O)(OC)[C@H](COCc1ccccc1)[C@@H]1O[C@@H]2OC(C)(C)O[C@@H]2[C@H]1OCc1ccccc1. The lowest BCUT2D eigenvalue weighted by Crippen LogP contribution is -2.44. The van der Waals surface area contributed by atoms with Crippen LogP contribution in [0.15, 0.2) is 60.7 Å². The molecule has 0 radical (unpaired) electrons. The highest BCUT2D eigenvalue weighted by molar-refractivity contribution is 7.54. The Labute approximate surface area is 200 Å². The predicted molar refractivity (Wildman–Crippen MR) is 125 cm³/mol. The molecule has 5 atom stereocenters. The van der Waals surface area contributed by atoms with Gasteiger partial charge in [0.05, 0.1) is 19.8 Å². The third-order valence-corrected chi connectivity index (χ3v) is 8.28. The molecule has 2 saturated heterocycles. The van der Waals surface area contributed by atoms with Crippen LogP contribution in [0, 0.1) is 0 Å². The van der Waals surface area contributed by atoms with Crippen LogP contribution in [-0.2, 0) is 50.5 Å². The summed E-state index contributed by atoms with van der Waals surface area (Å²) in [7, 11) is -0.885. The summed E-state index contributed by atoms with van der Waals surface area (Å²) in [4.78, 5) is 0. The van der Waals surface area contributed by atoms with Crippen LogP contribution in [0.4, 0.5) is 0 Å². The minimum absolute atomic E-state index is 0.0759. The molecule has 0 bridgehead atoms. The number of hydrogen-bond donors (Lipinski definition) is 0. The lowest BCUT2D eigenvalue weighted by atomic mass is 10.1. The molecule has 34 heavy (non-hydrogen) atoms. The van der Waals surface area contributed by atoms with Gasteiger partial charge in [-0.25, -0.2) is 0 Å². The molecule has 0 saturated carbocycles. The largest absolute Gasteiger partial charge is 0.376 e. The average molecular weight is 493 g/mol. The fourth-order valence-electron chi connectivity index (χ4n) is 4.35. The fraction of sp³-hybridized carbons (Fsp3) is 0.520. The summed E-state index contributed by atoms with van der Waals surface area (Å²) in [5, 5.41) is 0. The van der Waals surface area contributed by atoms with Gasteiger partial charge < -0.3 is 32.7 Å². The van der Waals surface area contributed by atoms with Crippen molar-refractivity contribution in [2.75, 3.05) is 20.8 Å². The molecule has 0 aromatic heterocycles. The van der Waals surface area contributed by atoms with Crippen molar-refractivity contribution in [3.63, 3.8) is 0 Å². The Morgan fingerprint density at radius 1 is 0.912 bits per heavy atom. The van der Waals surface area contributed by atoms with Crippen molar-refractivity contribution in [3.8, 4) is 0 Å². The molecule has 0 aliphatic carbocycles. The number of benzene rings is 2. The predicted octanol–water partition coefficient (Wildman–Crippen LogP) is 4.52. The third kappa shape index (κ3) is 5.78.